The molecule has 0 aromatic heterocycles. The zero-order valence-electron chi connectivity index (χ0n) is 41.6. The minimum atomic E-state index is -3.20. The van der Waals surface area contributed by atoms with Crippen molar-refractivity contribution in [1.29, 1.82) is 0 Å². The van der Waals surface area contributed by atoms with Crippen LogP contribution < -0.4 is 14.2 Å². The Labute approximate surface area is 393 Å². The molecule has 7 rings (SSSR count). The lowest BCUT2D eigenvalue weighted by atomic mass is 9.71. The smallest absolute Gasteiger partial charge is 0.497 e. The van der Waals surface area contributed by atoms with Crippen LogP contribution >= 0.6 is 0 Å². The highest BCUT2D eigenvalue weighted by atomic mass is 28.4. The topological polar surface area (TPSA) is 64.6 Å². The molecule has 1 aliphatic heterocycles. The lowest BCUT2D eigenvalue weighted by Gasteiger charge is -2.44. The number of halogens is 2. The van der Waals surface area contributed by atoms with Gasteiger partial charge in [-0.3, -0.25) is 0 Å². The molecule has 354 valence electrons. The third-order valence-electron chi connectivity index (χ3n) is 12.5. The van der Waals surface area contributed by atoms with Crippen molar-refractivity contribution in [2.45, 2.75) is 149 Å². The van der Waals surface area contributed by atoms with E-state index in [1.54, 1.807) is 19.2 Å². The van der Waals surface area contributed by atoms with Crippen LogP contribution in [0.5, 0.6) is 17.2 Å². The Hall–Kier alpha value is -4.58. The summed E-state index contributed by atoms with van der Waals surface area (Å²) in [5, 5.41) is 1.52. The van der Waals surface area contributed by atoms with Crippen LogP contribution in [0.1, 0.15) is 137 Å². The standard InChI is InChI=1S/C56H70F2O7Si/c1-15-55(16-2)47-36-40(58)22-28-44(47)48-43-27-21-39(57)35-46(43)50-45(49(48)55)29-30-56(62-50,37-17-23-41(59-14)24-18-37)38-19-25-42(26-20-38)60-32-33-61-54(12,13)31-34-66(63-51(3,4)5,64-52(6,7)8)65-53(9,10)11/h17-30,35-36H,15-16,31-34H2,1-14H3. The number of rotatable bonds is 16. The molecule has 0 fully saturated rings. The van der Waals surface area contributed by atoms with E-state index in [9.17, 15) is 0 Å². The van der Waals surface area contributed by atoms with Gasteiger partial charge in [0.25, 0.3) is 0 Å². The maximum absolute atomic E-state index is 15.4. The average Bonchev–Trinajstić information content (AvgIpc) is 3.52. The van der Waals surface area contributed by atoms with E-state index < -0.39 is 42.2 Å². The molecule has 1 heterocycles. The second-order valence-corrected chi connectivity index (χ2v) is 23.8. The highest BCUT2D eigenvalue weighted by Gasteiger charge is 2.51. The van der Waals surface area contributed by atoms with Crippen LogP contribution in [0.25, 0.3) is 28.0 Å². The van der Waals surface area contributed by atoms with Gasteiger partial charge in [-0.05, 0) is 178 Å². The van der Waals surface area contributed by atoms with Gasteiger partial charge in [0.05, 0.1) is 36.1 Å². The normalized spacial score (nSPS) is 17.0. The second-order valence-electron chi connectivity index (χ2n) is 21.4. The van der Waals surface area contributed by atoms with Crippen molar-refractivity contribution in [3.05, 3.63) is 130 Å². The van der Waals surface area contributed by atoms with Gasteiger partial charge in [-0.15, -0.1) is 0 Å². The van der Waals surface area contributed by atoms with E-state index in [0.29, 0.717) is 48.3 Å². The number of hydrogen-bond acceptors (Lipinski definition) is 7. The predicted molar refractivity (Wildman–Crippen MR) is 264 cm³/mol. The van der Waals surface area contributed by atoms with Crippen molar-refractivity contribution < 1.29 is 41.0 Å². The van der Waals surface area contributed by atoms with Crippen LogP contribution in [0.4, 0.5) is 8.78 Å². The highest BCUT2D eigenvalue weighted by Crippen LogP contribution is 2.60. The summed E-state index contributed by atoms with van der Waals surface area (Å²) in [5.74, 6) is 1.34. The maximum atomic E-state index is 15.4. The Kier molecular flexibility index (Phi) is 13.6. The van der Waals surface area contributed by atoms with Gasteiger partial charge in [0.1, 0.15) is 35.5 Å². The second kappa shape index (κ2) is 18.1. The Bertz CT molecular complexity index is 2520. The van der Waals surface area contributed by atoms with E-state index in [2.05, 4.69) is 39.8 Å². The lowest BCUT2D eigenvalue weighted by Crippen LogP contribution is -2.57. The Morgan fingerprint density at radius 3 is 1.73 bits per heavy atom. The largest absolute Gasteiger partial charge is 0.502 e. The van der Waals surface area contributed by atoms with E-state index in [1.165, 1.54) is 12.1 Å². The summed E-state index contributed by atoms with van der Waals surface area (Å²) in [5.41, 5.74) is 3.15. The first-order valence-electron chi connectivity index (χ1n) is 23.5. The van der Waals surface area contributed by atoms with E-state index in [0.717, 1.165) is 57.2 Å². The molecule has 1 aliphatic carbocycles. The van der Waals surface area contributed by atoms with Crippen molar-refractivity contribution in [2.75, 3.05) is 20.3 Å². The summed E-state index contributed by atoms with van der Waals surface area (Å²) in [6.07, 6.45) is 6.39. The summed E-state index contributed by atoms with van der Waals surface area (Å²) < 4.78 is 76.4. The molecule has 0 spiro atoms. The monoisotopic (exact) mass is 920 g/mol. The molecule has 2 aliphatic rings. The summed E-state index contributed by atoms with van der Waals surface area (Å²) >= 11 is 0. The van der Waals surface area contributed by atoms with Gasteiger partial charge in [0.2, 0.25) is 0 Å². The fourth-order valence-electron chi connectivity index (χ4n) is 9.87. The first-order valence-corrected chi connectivity index (χ1v) is 25.4. The molecule has 1 unspecified atom stereocenters. The summed E-state index contributed by atoms with van der Waals surface area (Å²) in [4.78, 5) is 0. The first kappa shape index (κ1) is 49.3. The molecule has 0 N–H and O–H groups in total. The molecule has 7 nitrogen and oxygen atoms in total. The van der Waals surface area contributed by atoms with Gasteiger partial charge in [-0.1, -0.05) is 56.3 Å². The zero-order chi connectivity index (χ0) is 48.1. The molecule has 0 bridgehead atoms. The quantitative estimate of drug-likeness (QED) is 0.0721. The number of ether oxygens (including phenoxy) is 4. The number of hydrogen-bond donors (Lipinski definition) is 0. The fourth-order valence-corrected chi connectivity index (χ4v) is 14.0. The molecular formula is C56H70F2O7Si. The fraction of sp³-hybridized carbons (Fsp3) is 0.464. The van der Waals surface area contributed by atoms with E-state index in [-0.39, 0.29) is 11.6 Å². The predicted octanol–water partition coefficient (Wildman–Crippen LogP) is 14.5. The molecule has 5 aromatic carbocycles. The van der Waals surface area contributed by atoms with E-state index >= 15 is 8.78 Å². The minimum Gasteiger partial charge on any atom is -0.497 e. The first-order chi connectivity index (χ1) is 30.9. The highest BCUT2D eigenvalue weighted by molar-refractivity contribution is 6.61. The number of benzene rings is 5. The van der Waals surface area contributed by atoms with Gasteiger partial charge in [0.15, 0.2) is 5.60 Å². The SMILES string of the molecule is CCC1(CC)c2cc(F)ccc2-c2c1c1c(c3cc(F)ccc23)OC(c2ccc(OC)cc2)(c2ccc(OCCOC(C)(C)CC[Si](OC(C)(C)C)(OC(C)(C)C)OC(C)(C)C)cc2)C=C1. The van der Waals surface area contributed by atoms with Crippen molar-refractivity contribution in [3.63, 3.8) is 0 Å². The molecule has 10 heteroatoms. The minimum absolute atomic E-state index is 0.273. The Morgan fingerprint density at radius 2 is 1.18 bits per heavy atom. The van der Waals surface area contributed by atoms with Crippen LogP contribution in [0.15, 0.2) is 91.0 Å². The van der Waals surface area contributed by atoms with Crippen LogP contribution in [0, 0.1) is 11.6 Å². The van der Waals surface area contributed by atoms with Crippen LogP contribution in [0.2, 0.25) is 6.04 Å². The average molecular weight is 921 g/mol. The summed E-state index contributed by atoms with van der Waals surface area (Å²) in [7, 11) is -1.55. The number of fused-ring (bicyclic) bond motifs is 8. The van der Waals surface area contributed by atoms with Gasteiger partial charge in [0, 0.05) is 33.5 Å². The molecule has 1 atom stereocenters. The summed E-state index contributed by atoms with van der Waals surface area (Å²) in [6.45, 7) is 27.5. The zero-order valence-corrected chi connectivity index (χ0v) is 42.6. The van der Waals surface area contributed by atoms with Crippen molar-refractivity contribution >= 4 is 25.7 Å². The number of methoxy groups -OCH3 is 1. The molecule has 0 radical (unpaired) electrons. The van der Waals surface area contributed by atoms with Crippen LogP contribution in [0.3, 0.4) is 0 Å². The third kappa shape index (κ3) is 10.1. The lowest BCUT2D eigenvalue weighted by molar-refractivity contribution is -0.0823. The van der Waals surface area contributed by atoms with E-state index in [1.807, 2.05) is 123 Å². The van der Waals surface area contributed by atoms with Crippen LogP contribution in [-0.4, -0.2) is 51.5 Å². The molecule has 5 aromatic rings. The molecule has 66 heavy (non-hydrogen) atoms. The van der Waals surface area contributed by atoms with Crippen molar-refractivity contribution in [1.82, 2.24) is 0 Å². The molecule has 0 amide bonds. The van der Waals surface area contributed by atoms with Crippen LogP contribution in [-0.2, 0) is 29.0 Å². The summed E-state index contributed by atoms with van der Waals surface area (Å²) in [6, 6.07) is 26.3. The molecule has 0 saturated heterocycles. The van der Waals surface area contributed by atoms with Gasteiger partial charge in [-0.2, -0.15) is 0 Å². The van der Waals surface area contributed by atoms with Gasteiger partial charge in [-0.25, -0.2) is 8.78 Å². The van der Waals surface area contributed by atoms with Gasteiger partial charge >= 0.3 is 8.80 Å². The maximum Gasteiger partial charge on any atom is 0.502 e. The molecular weight excluding hydrogens is 851 g/mol. The Morgan fingerprint density at radius 1 is 0.636 bits per heavy atom. The third-order valence-corrected chi connectivity index (χ3v) is 16.2. The van der Waals surface area contributed by atoms with Crippen molar-refractivity contribution in [3.8, 4) is 28.4 Å². The Balaban J connectivity index is 1.16. The van der Waals surface area contributed by atoms with Crippen molar-refractivity contribution in [2.24, 2.45) is 0 Å². The van der Waals surface area contributed by atoms with E-state index in [4.69, 9.17) is 32.2 Å². The van der Waals surface area contributed by atoms with Gasteiger partial charge < -0.3 is 32.2 Å². The molecule has 0 saturated carbocycles.